The van der Waals surface area contributed by atoms with E-state index < -0.39 is 0 Å². The number of rotatable bonds is 4. The molecule has 3 aromatic heterocycles. The van der Waals surface area contributed by atoms with Gasteiger partial charge in [0.05, 0.1) is 30.3 Å². The molecule has 106 valence electrons. The third-order valence-electron chi connectivity index (χ3n) is 3.02. The Balaban J connectivity index is 1.72. The molecule has 0 unspecified atom stereocenters. The highest BCUT2D eigenvalue weighted by molar-refractivity contribution is 5.93. The fourth-order valence-corrected chi connectivity index (χ4v) is 1.89. The molecular weight excluding hydrogens is 270 g/mol. The second-order valence-electron chi connectivity index (χ2n) is 4.43. The maximum Gasteiger partial charge on any atom is 0.254 e. The Morgan fingerprint density at radius 3 is 3.00 bits per heavy atom. The number of nitrogens with one attached hydrogen (secondary N) is 1. The van der Waals surface area contributed by atoms with Gasteiger partial charge >= 0.3 is 0 Å². The van der Waals surface area contributed by atoms with Crippen molar-refractivity contribution in [3.05, 3.63) is 54.5 Å². The molecule has 3 heterocycles. The molecule has 0 aliphatic heterocycles. The number of hydrogen-bond acceptors (Lipinski definition) is 5. The van der Waals surface area contributed by atoms with Crippen molar-refractivity contribution in [2.45, 2.75) is 6.54 Å². The lowest BCUT2D eigenvalue weighted by atomic mass is 10.3. The molecule has 0 atom stereocenters. The second-order valence-corrected chi connectivity index (χ2v) is 4.43. The van der Waals surface area contributed by atoms with E-state index in [2.05, 4.69) is 20.4 Å². The summed E-state index contributed by atoms with van der Waals surface area (Å²) in [4.78, 5) is 20.1. The third kappa shape index (κ3) is 2.81. The van der Waals surface area contributed by atoms with E-state index in [-0.39, 0.29) is 5.91 Å². The van der Waals surface area contributed by atoms with Crippen LogP contribution in [0.3, 0.4) is 0 Å². The van der Waals surface area contributed by atoms with Crippen LogP contribution in [0.4, 0.5) is 0 Å². The van der Waals surface area contributed by atoms with Crippen molar-refractivity contribution in [3.8, 4) is 11.4 Å². The van der Waals surface area contributed by atoms with E-state index in [1.807, 2.05) is 13.1 Å². The van der Waals surface area contributed by atoms with E-state index in [0.717, 1.165) is 11.4 Å². The first-order valence-corrected chi connectivity index (χ1v) is 6.34. The Kier molecular flexibility index (Phi) is 3.46. The predicted octanol–water partition coefficient (Wildman–Crippen LogP) is 1.40. The molecule has 0 aliphatic carbocycles. The molecule has 1 N–H and O–H groups in total. The second kappa shape index (κ2) is 5.58. The SMILES string of the molecule is Cn1nc(-c2cnccn2)cc1CNC(=O)c1ccoc1. The standard InChI is InChI=1S/C14H13N5O2/c1-19-11(7-17-14(20)10-2-5-21-9-10)6-12(18-19)13-8-15-3-4-16-13/h2-6,8-9H,7H2,1H3,(H,17,20). The smallest absolute Gasteiger partial charge is 0.254 e. The molecule has 0 bridgehead atoms. The molecule has 0 fully saturated rings. The van der Waals surface area contributed by atoms with Gasteiger partial charge in [0, 0.05) is 19.4 Å². The zero-order valence-electron chi connectivity index (χ0n) is 11.4. The highest BCUT2D eigenvalue weighted by Crippen LogP contribution is 2.15. The molecule has 0 saturated heterocycles. The number of carbonyl (C=O) groups excluding carboxylic acids is 1. The van der Waals surface area contributed by atoms with Crippen LogP contribution in [0.5, 0.6) is 0 Å². The van der Waals surface area contributed by atoms with Crippen LogP contribution in [-0.4, -0.2) is 25.7 Å². The highest BCUT2D eigenvalue weighted by Gasteiger charge is 2.11. The first-order valence-electron chi connectivity index (χ1n) is 6.34. The van der Waals surface area contributed by atoms with Crippen molar-refractivity contribution < 1.29 is 9.21 Å². The molecule has 7 nitrogen and oxygen atoms in total. The van der Waals surface area contributed by atoms with E-state index >= 15 is 0 Å². The largest absolute Gasteiger partial charge is 0.472 e. The summed E-state index contributed by atoms with van der Waals surface area (Å²) < 4.78 is 6.59. The molecule has 0 aliphatic rings. The van der Waals surface area contributed by atoms with E-state index in [1.54, 1.807) is 29.3 Å². The Hall–Kier alpha value is -2.96. The number of furan rings is 1. The van der Waals surface area contributed by atoms with Crippen LogP contribution in [0, 0.1) is 0 Å². The molecule has 0 saturated carbocycles. The van der Waals surface area contributed by atoms with Crippen LogP contribution in [-0.2, 0) is 13.6 Å². The van der Waals surface area contributed by atoms with Gasteiger partial charge in [0.25, 0.3) is 5.91 Å². The molecular formula is C14H13N5O2. The minimum atomic E-state index is -0.189. The maximum atomic E-state index is 11.8. The van der Waals surface area contributed by atoms with Gasteiger partial charge in [-0.1, -0.05) is 0 Å². The van der Waals surface area contributed by atoms with Crippen molar-refractivity contribution in [1.82, 2.24) is 25.1 Å². The molecule has 21 heavy (non-hydrogen) atoms. The van der Waals surface area contributed by atoms with Crippen LogP contribution in [0.2, 0.25) is 0 Å². The van der Waals surface area contributed by atoms with Gasteiger partial charge < -0.3 is 9.73 Å². The first kappa shape index (κ1) is 13.0. The lowest BCUT2D eigenvalue weighted by Gasteiger charge is -2.03. The van der Waals surface area contributed by atoms with Crippen LogP contribution >= 0.6 is 0 Å². The van der Waals surface area contributed by atoms with Crippen molar-refractivity contribution in [1.29, 1.82) is 0 Å². The van der Waals surface area contributed by atoms with Gasteiger partial charge in [-0.25, -0.2) is 0 Å². The average molecular weight is 283 g/mol. The number of hydrogen-bond donors (Lipinski definition) is 1. The van der Waals surface area contributed by atoms with Gasteiger partial charge in [-0.15, -0.1) is 0 Å². The Bertz CT molecular complexity index is 734. The van der Waals surface area contributed by atoms with Gasteiger partial charge in [-0.3, -0.25) is 19.4 Å². The summed E-state index contributed by atoms with van der Waals surface area (Å²) in [6.45, 7) is 0.369. The van der Waals surface area contributed by atoms with Gasteiger partial charge in [0.15, 0.2) is 0 Å². The van der Waals surface area contributed by atoms with Gasteiger partial charge in [-0.05, 0) is 12.1 Å². The zero-order chi connectivity index (χ0) is 14.7. The maximum absolute atomic E-state index is 11.8. The molecule has 7 heteroatoms. The van der Waals surface area contributed by atoms with Gasteiger partial charge in [0.1, 0.15) is 17.7 Å². The Morgan fingerprint density at radius 2 is 2.29 bits per heavy atom. The topological polar surface area (TPSA) is 85.8 Å². The van der Waals surface area contributed by atoms with Crippen molar-refractivity contribution in [2.24, 2.45) is 7.05 Å². The first-order chi connectivity index (χ1) is 10.2. The molecule has 0 aromatic carbocycles. The molecule has 3 rings (SSSR count). The summed E-state index contributed by atoms with van der Waals surface area (Å²) in [7, 11) is 1.82. The minimum Gasteiger partial charge on any atom is -0.472 e. The Labute approximate surface area is 120 Å². The number of nitrogens with zero attached hydrogens (tertiary/aromatic N) is 4. The van der Waals surface area contributed by atoms with Crippen molar-refractivity contribution in [2.75, 3.05) is 0 Å². The van der Waals surface area contributed by atoms with Gasteiger partial charge in [0.2, 0.25) is 0 Å². The lowest BCUT2D eigenvalue weighted by Crippen LogP contribution is -2.23. The number of aryl methyl sites for hydroxylation is 1. The summed E-state index contributed by atoms with van der Waals surface area (Å²) in [5.41, 5.74) is 2.78. The number of carbonyl (C=O) groups is 1. The summed E-state index contributed by atoms with van der Waals surface area (Å²) >= 11 is 0. The highest BCUT2D eigenvalue weighted by atomic mass is 16.3. The number of amides is 1. The summed E-state index contributed by atoms with van der Waals surface area (Å²) in [6, 6.07) is 3.49. The summed E-state index contributed by atoms with van der Waals surface area (Å²) in [5, 5.41) is 7.18. The van der Waals surface area contributed by atoms with E-state index in [4.69, 9.17) is 4.42 Å². The Morgan fingerprint density at radius 1 is 1.38 bits per heavy atom. The van der Waals surface area contributed by atoms with Gasteiger partial charge in [-0.2, -0.15) is 5.10 Å². The lowest BCUT2D eigenvalue weighted by molar-refractivity contribution is 0.0949. The molecule has 0 spiro atoms. The number of aromatic nitrogens is 4. The van der Waals surface area contributed by atoms with Crippen molar-refractivity contribution in [3.63, 3.8) is 0 Å². The average Bonchev–Trinajstić information content (AvgIpc) is 3.16. The van der Waals surface area contributed by atoms with Crippen LogP contribution in [0.15, 0.2) is 47.7 Å². The normalized spacial score (nSPS) is 10.5. The third-order valence-corrected chi connectivity index (χ3v) is 3.02. The fraction of sp³-hybridized carbons (Fsp3) is 0.143. The van der Waals surface area contributed by atoms with Crippen LogP contribution in [0.25, 0.3) is 11.4 Å². The van der Waals surface area contributed by atoms with E-state index in [9.17, 15) is 4.79 Å². The quantitative estimate of drug-likeness (QED) is 0.782. The van der Waals surface area contributed by atoms with Crippen LogP contribution < -0.4 is 5.32 Å². The molecule has 0 radical (unpaired) electrons. The molecule has 3 aromatic rings. The predicted molar refractivity (Wildman–Crippen MR) is 74.1 cm³/mol. The minimum absolute atomic E-state index is 0.189. The van der Waals surface area contributed by atoms with Crippen LogP contribution in [0.1, 0.15) is 16.1 Å². The monoisotopic (exact) mass is 283 g/mol. The van der Waals surface area contributed by atoms with E-state index in [1.165, 1.54) is 12.5 Å². The van der Waals surface area contributed by atoms with E-state index in [0.29, 0.717) is 17.8 Å². The summed E-state index contributed by atoms with van der Waals surface area (Å²) in [6.07, 6.45) is 7.74. The van der Waals surface area contributed by atoms with Crippen molar-refractivity contribution >= 4 is 5.91 Å². The molecule has 1 amide bonds. The summed E-state index contributed by atoms with van der Waals surface area (Å²) in [5.74, 6) is -0.189. The fourth-order valence-electron chi connectivity index (χ4n) is 1.89. The zero-order valence-corrected chi connectivity index (χ0v) is 11.4.